The van der Waals surface area contributed by atoms with Gasteiger partial charge in [-0.25, -0.2) is 15.0 Å². The first-order valence-electron chi connectivity index (χ1n) is 6.01. The van der Waals surface area contributed by atoms with Crippen molar-refractivity contribution in [3.8, 4) is 5.75 Å². The molecule has 0 fully saturated rings. The van der Waals surface area contributed by atoms with E-state index in [1.54, 1.807) is 20.4 Å². The SMILES string of the molecule is CNc1nccc(Sc2nc3ccc(OC)cc3[nH]2)n1. The van der Waals surface area contributed by atoms with Crippen molar-refractivity contribution in [3.05, 3.63) is 30.5 Å². The fraction of sp³-hybridized carbons (Fsp3) is 0.154. The summed E-state index contributed by atoms with van der Waals surface area (Å²) in [6.07, 6.45) is 1.72. The van der Waals surface area contributed by atoms with Crippen LogP contribution in [0.25, 0.3) is 11.0 Å². The van der Waals surface area contributed by atoms with Gasteiger partial charge in [-0.1, -0.05) is 0 Å². The van der Waals surface area contributed by atoms with Crippen molar-refractivity contribution < 1.29 is 4.74 Å². The van der Waals surface area contributed by atoms with Gasteiger partial charge in [0.2, 0.25) is 5.95 Å². The van der Waals surface area contributed by atoms with Crippen LogP contribution >= 0.6 is 11.8 Å². The summed E-state index contributed by atoms with van der Waals surface area (Å²) >= 11 is 1.46. The molecule has 2 aromatic heterocycles. The lowest BCUT2D eigenvalue weighted by Crippen LogP contribution is -1.95. The summed E-state index contributed by atoms with van der Waals surface area (Å²) in [6.45, 7) is 0. The Balaban J connectivity index is 1.90. The van der Waals surface area contributed by atoms with Gasteiger partial charge in [-0.05, 0) is 30.0 Å². The van der Waals surface area contributed by atoms with Crippen LogP contribution in [0.2, 0.25) is 0 Å². The molecule has 1 aromatic carbocycles. The highest BCUT2D eigenvalue weighted by Gasteiger charge is 2.07. The summed E-state index contributed by atoms with van der Waals surface area (Å²) in [4.78, 5) is 16.2. The summed E-state index contributed by atoms with van der Waals surface area (Å²) in [6, 6.07) is 7.58. The van der Waals surface area contributed by atoms with Gasteiger partial charge in [0, 0.05) is 19.3 Å². The number of hydrogen-bond acceptors (Lipinski definition) is 6. The van der Waals surface area contributed by atoms with E-state index in [1.165, 1.54) is 11.8 Å². The van der Waals surface area contributed by atoms with Gasteiger partial charge in [-0.2, -0.15) is 0 Å². The van der Waals surface area contributed by atoms with Crippen LogP contribution in [0.3, 0.4) is 0 Å². The third-order valence-electron chi connectivity index (χ3n) is 2.72. The zero-order valence-corrected chi connectivity index (χ0v) is 11.9. The van der Waals surface area contributed by atoms with E-state index in [2.05, 4.69) is 25.3 Å². The topological polar surface area (TPSA) is 75.7 Å². The lowest BCUT2D eigenvalue weighted by atomic mass is 10.3. The van der Waals surface area contributed by atoms with Crippen molar-refractivity contribution in [1.82, 2.24) is 19.9 Å². The average molecular weight is 287 g/mol. The third-order valence-corrected chi connectivity index (χ3v) is 3.55. The van der Waals surface area contributed by atoms with Gasteiger partial charge < -0.3 is 15.0 Å². The molecule has 0 aliphatic carbocycles. The molecule has 20 heavy (non-hydrogen) atoms. The van der Waals surface area contributed by atoms with Crippen LogP contribution < -0.4 is 10.1 Å². The maximum absolute atomic E-state index is 5.20. The van der Waals surface area contributed by atoms with Gasteiger partial charge in [-0.15, -0.1) is 0 Å². The monoisotopic (exact) mass is 287 g/mol. The third kappa shape index (κ3) is 2.53. The van der Waals surface area contributed by atoms with Crippen LogP contribution in [-0.2, 0) is 0 Å². The summed E-state index contributed by atoms with van der Waals surface area (Å²) in [7, 11) is 3.44. The minimum absolute atomic E-state index is 0.591. The van der Waals surface area contributed by atoms with Crippen LogP contribution in [-0.4, -0.2) is 34.1 Å². The van der Waals surface area contributed by atoms with Crippen molar-refractivity contribution in [2.24, 2.45) is 0 Å². The van der Waals surface area contributed by atoms with E-state index < -0.39 is 0 Å². The van der Waals surface area contributed by atoms with E-state index in [4.69, 9.17) is 4.74 Å². The minimum atomic E-state index is 0.591. The van der Waals surface area contributed by atoms with Gasteiger partial charge in [-0.3, -0.25) is 0 Å². The van der Waals surface area contributed by atoms with Crippen LogP contribution in [0.4, 0.5) is 5.95 Å². The van der Waals surface area contributed by atoms with Crippen molar-refractivity contribution in [2.75, 3.05) is 19.5 Å². The first kappa shape index (κ1) is 12.7. The molecule has 6 nitrogen and oxygen atoms in total. The van der Waals surface area contributed by atoms with E-state index in [0.717, 1.165) is 27.0 Å². The second kappa shape index (κ2) is 5.38. The Morgan fingerprint density at radius 2 is 2.15 bits per heavy atom. The number of ether oxygens (including phenoxy) is 1. The van der Waals surface area contributed by atoms with Crippen LogP contribution in [0.15, 0.2) is 40.6 Å². The van der Waals surface area contributed by atoms with Gasteiger partial charge in [0.05, 0.1) is 18.1 Å². The second-order valence-corrected chi connectivity index (χ2v) is 5.00. The number of H-pyrrole nitrogens is 1. The lowest BCUT2D eigenvalue weighted by molar-refractivity contribution is 0.415. The Hall–Kier alpha value is -2.28. The number of rotatable bonds is 4. The first-order chi connectivity index (χ1) is 9.78. The number of hydrogen-bond donors (Lipinski definition) is 2. The Kier molecular flexibility index (Phi) is 3.42. The van der Waals surface area contributed by atoms with Crippen molar-refractivity contribution in [1.29, 1.82) is 0 Å². The molecule has 3 rings (SSSR count). The molecule has 0 saturated heterocycles. The van der Waals surface area contributed by atoms with Gasteiger partial charge in [0.1, 0.15) is 10.8 Å². The molecule has 7 heteroatoms. The van der Waals surface area contributed by atoms with Crippen LogP contribution in [0.1, 0.15) is 0 Å². The molecule has 0 aliphatic heterocycles. The highest BCUT2D eigenvalue weighted by atomic mass is 32.2. The summed E-state index contributed by atoms with van der Waals surface area (Å²) < 4.78 is 5.20. The molecular formula is C13H13N5OS. The predicted octanol–water partition coefficient (Wildman–Crippen LogP) is 2.55. The molecule has 0 aliphatic rings. The molecule has 0 radical (unpaired) electrons. The normalized spacial score (nSPS) is 10.7. The second-order valence-electron chi connectivity index (χ2n) is 4.00. The Morgan fingerprint density at radius 1 is 1.25 bits per heavy atom. The number of benzene rings is 1. The zero-order chi connectivity index (χ0) is 13.9. The van der Waals surface area contributed by atoms with E-state index in [1.807, 2.05) is 24.3 Å². The number of aromatic amines is 1. The van der Waals surface area contributed by atoms with Gasteiger partial charge in [0.15, 0.2) is 5.16 Å². The standard InChI is InChI=1S/C13H13N5OS/c1-14-12-15-6-5-11(18-12)20-13-16-9-4-3-8(19-2)7-10(9)17-13/h3-7H,1-2H3,(H,16,17)(H,14,15,18). The van der Waals surface area contributed by atoms with Crippen molar-refractivity contribution >= 4 is 28.7 Å². The molecule has 0 spiro atoms. The molecule has 2 N–H and O–H groups in total. The number of imidazole rings is 1. The number of anilines is 1. The summed E-state index contributed by atoms with van der Waals surface area (Å²) in [5.41, 5.74) is 1.84. The molecular weight excluding hydrogens is 274 g/mol. The zero-order valence-electron chi connectivity index (χ0n) is 11.0. The minimum Gasteiger partial charge on any atom is -0.497 e. The molecule has 0 unspecified atom stereocenters. The average Bonchev–Trinajstić information content (AvgIpc) is 2.88. The van der Waals surface area contributed by atoms with Gasteiger partial charge >= 0.3 is 0 Å². The number of methoxy groups -OCH3 is 1. The molecule has 0 amide bonds. The van der Waals surface area contributed by atoms with Crippen molar-refractivity contribution in [2.45, 2.75) is 10.2 Å². The quantitative estimate of drug-likeness (QED) is 0.718. The largest absolute Gasteiger partial charge is 0.497 e. The van der Waals surface area contributed by atoms with E-state index in [-0.39, 0.29) is 0 Å². The number of nitrogens with zero attached hydrogens (tertiary/aromatic N) is 3. The van der Waals surface area contributed by atoms with Crippen molar-refractivity contribution in [3.63, 3.8) is 0 Å². The molecule has 0 saturated carbocycles. The lowest BCUT2D eigenvalue weighted by Gasteiger charge is -2.00. The highest BCUT2D eigenvalue weighted by molar-refractivity contribution is 7.99. The first-order valence-corrected chi connectivity index (χ1v) is 6.82. The van der Waals surface area contributed by atoms with E-state index in [9.17, 15) is 0 Å². The van der Waals surface area contributed by atoms with Gasteiger partial charge in [0.25, 0.3) is 0 Å². The van der Waals surface area contributed by atoms with Crippen LogP contribution in [0.5, 0.6) is 5.75 Å². The fourth-order valence-electron chi connectivity index (χ4n) is 1.76. The number of fused-ring (bicyclic) bond motifs is 1. The maximum Gasteiger partial charge on any atom is 0.223 e. The van der Waals surface area contributed by atoms with Crippen LogP contribution in [0, 0.1) is 0 Å². The Labute approximate surface area is 120 Å². The Bertz CT molecular complexity index is 742. The maximum atomic E-state index is 5.20. The smallest absolute Gasteiger partial charge is 0.223 e. The molecule has 0 atom stereocenters. The number of aromatic nitrogens is 4. The highest BCUT2D eigenvalue weighted by Crippen LogP contribution is 2.27. The molecule has 0 bridgehead atoms. The van der Waals surface area contributed by atoms with E-state index in [0.29, 0.717) is 5.95 Å². The molecule has 3 aromatic rings. The molecule has 2 heterocycles. The molecule has 102 valence electrons. The fourth-order valence-corrected chi connectivity index (χ4v) is 2.52. The summed E-state index contributed by atoms with van der Waals surface area (Å²) in [5.74, 6) is 1.39. The van der Waals surface area contributed by atoms with E-state index >= 15 is 0 Å². The predicted molar refractivity (Wildman–Crippen MR) is 78.3 cm³/mol. The summed E-state index contributed by atoms with van der Waals surface area (Å²) in [5, 5.41) is 4.53. The Morgan fingerprint density at radius 3 is 2.95 bits per heavy atom. The number of nitrogens with one attached hydrogen (secondary N) is 2.